The van der Waals surface area contributed by atoms with Gasteiger partial charge >= 0.3 is 0 Å². The number of benzene rings is 1. The summed E-state index contributed by atoms with van der Waals surface area (Å²) >= 11 is 5.55. The number of anilines is 1. The van der Waals surface area contributed by atoms with Crippen molar-refractivity contribution in [3.63, 3.8) is 0 Å². The van der Waals surface area contributed by atoms with Gasteiger partial charge in [0.05, 0.1) is 11.1 Å². The summed E-state index contributed by atoms with van der Waals surface area (Å²) in [6.45, 7) is 0.529. The Kier molecular flexibility index (Phi) is 2.63. The summed E-state index contributed by atoms with van der Waals surface area (Å²) in [5.41, 5.74) is 6.07. The third kappa shape index (κ3) is 1.82. The van der Waals surface area contributed by atoms with Crippen molar-refractivity contribution in [1.82, 2.24) is 0 Å². The summed E-state index contributed by atoms with van der Waals surface area (Å²) in [5, 5.41) is 0.0506. The zero-order valence-electron chi connectivity index (χ0n) is 7.91. The highest BCUT2D eigenvalue weighted by atomic mass is 35.5. The molecule has 1 unspecified atom stereocenters. The van der Waals surface area contributed by atoms with Gasteiger partial charge in [-0.2, -0.15) is 0 Å². The molecule has 0 aliphatic carbocycles. The average molecular weight is 229 g/mol. The number of nitrogens with two attached hydrogens (primary N) is 1. The fourth-order valence-corrected chi connectivity index (χ4v) is 1.73. The van der Waals surface area contributed by atoms with Crippen molar-refractivity contribution in [1.29, 1.82) is 0 Å². The number of amides is 1. The zero-order valence-corrected chi connectivity index (χ0v) is 8.67. The molecule has 0 bridgehead atoms. The van der Waals surface area contributed by atoms with Gasteiger partial charge in [-0.3, -0.25) is 4.79 Å². The molecule has 1 aliphatic rings. The minimum Gasteiger partial charge on any atom is -0.320 e. The largest absolute Gasteiger partial charge is 0.320 e. The van der Waals surface area contributed by atoms with Gasteiger partial charge in [-0.1, -0.05) is 11.6 Å². The highest BCUT2D eigenvalue weighted by Crippen LogP contribution is 2.25. The minimum absolute atomic E-state index is 0.0506. The van der Waals surface area contributed by atoms with E-state index in [4.69, 9.17) is 17.3 Å². The molecule has 0 spiro atoms. The maximum absolute atomic E-state index is 13.2. The summed E-state index contributed by atoms with van der Waals surface area (Å²) in [4.78, 5) is 13.0. The Labute approximate surface area is 91.6 Å². The van der Waals surface area contributed by atoms with Crippen LogP contribution in [0.1, 0.15) is 6.42 Å². The number of nitrogens with zero attached hydrogens (tertiary/aromatic N) is 1. The highest BCUT2D eigenvalue weighted by Gasteiger charge is 2.29. The maximum atomic E-state index is 13.2. The molecular weight excluding hydrogens is 219 g/mol. The van der Waals surface area contributed by atoms with E-state index < -0.39 is 11.9 Å². The SMILES string of the molecule is NC1CCN(c2ccc(Cl)c(F)c2)C1=O. The van der Waals surface area contributed by atoms with E-state index in [1.54, 1.807) is 6.07 Å². The molecule has 1 aromatic rings. The molecule has 2 N–H and O–H groups in total. The Morgan fingerprint density at radius 1 is 1.53 bits per heavy atom. The van der Waals surface area contributed by atoms with Crippen LogP contribution in [0.3, 0.4) is 0 Å². The molecule has 15 heavy (non-hydrogen) atoms. The van der Waals surface area contributed by atoms with Crippen LogP contribution >= 0.6 is 11.6 Å². The predicted octanol–water partition coefficient (Wildman–Crippen LogP) is 1.54. The summed E-state index contributed by atoms with van der Waals surface area (Å²) in [6, 6.07) is 3.83. The quantitative estimate of drug-likeness (QED) is 0.793. The lowest BCUT2D eigenvalue weighted by molar-refractivity contribution is -0.118. The van der Waals surface area contributed by atoms with E-state index in [1.807, 2.05) is 0 Å². The van der Waals surface area contributed by atoms with Crippen molar-refractivity contribution in [3.05, 3.63) is 29.0 Å². The normalized spacial score (nSPS) is 21.1. The Morgan fingerprint density at radius 3 is 2.80 bits per heavy atom. The van der Waals surface area contributed by atoms with E-state index in [2.05, 4.69) is 0 Å². The molecule has 80 valence electrons. The van der Waals surface area contributed by atoms with Crippen LogP contribution in [0.25, 0.3) is 0 Å². The Balaban J connectivity index is 2.31. The zero-order chi connectivity index (χ0) is 11.0. The van der Waals surface area contributed by atoms with Gasteiger partial charge in [-0.25, -0.2) is 4.39 Å². The first-order valence-corrected chi connectivity index (χ1v) is 4.99. The van der Waals surface area contributed by atoms with Gasteiger partial charge < -0.3 is 10.6 Å². The molecule has 3 nitrogen and oxygen atoms in total. The first kappa shape index (κ1) is 10.4. The van der Waals surface area contributed by atoms with Gasteiger partial charge in [0.1, 0.15) is 5.82 Å². The van der Waals surface area contributed by atoms with Crippen molar-refractivity contribution in [2.75, 3.05) is 11.4 Å². The summed E-state index contributed by atoms with van der Waals surface area (Å²) in [6.07, 6.45) is 0.600. The van der Waals surface area contributed by atoms with Crippen molar-refractivity contribution < 1.29 is 9.18 Å². The number of carbonyl (C=O) groups excluding carboxylic acids is 1. The molecule has 1 saturated heterocycles. The van der Waals surface area contributed by atoms with Crippen LogP contribution < -0.4 is 10.6 Å². The van der Waals surface area contributed by atoms with Crippen LogP contribution in [0.2, 0.25) is 5.02 Å². The first-order valence-electron chi connectivity index (χ1n) is 4.61. The van der Waals surface area contributed by atoms with Gasteiger partial charge in [-0.05, 0) is 24.6 Å². The second kappa shape index (κ2) is 3.79. The van der Waals surface area contributed by atoms with Crippen LogP contribution in [0.5, 0.6) is 0 Å². The minimum atomic E-state index is -0.526. The van der Waals surface area contributed by atoms with Gasteiger partial charge in [0.2, 0.25) is 5.91 Å². The summed E-state index contributed by atoms with van der Waals surface area (Å²) in [5.74, 6) is -0.695. The lowest BCUT2D eigenvalue weighted by Crippen LogP contribution is -2.33. The van der Waals surface area contributed by atoms with E-state index in [1.165, 1.54) is 17.0 Å². The molecular formula is C10H10ClFN2O. The van der Waals surface area contributed by atoms with Crippen LogP contribution in [0.4, 0.5) is 10.1 Å². The van der Waals surface area contributed by atoms with E-state index in [0.717, 1.165) is 0 Å². The number of halogens is 2. The molecule has 0 radical (unpaired) electrons. The maximum Gasteiger partial charge on any atom is 0.243 e. The molecule has 1 heterocycles. The first-order chi connectivity index (χ1) is 7.09. The average Bonchev–Trinajstić information content (AvgIpc) is 2.53. The van der Waals surface area contributed by atoms with Gasteiger partial charge in [-0.15, -0.1) is 0 Å². The Hall–Kier alpha value is -1.13. The van der Waals surface area contributed by atoms with Crippen LogP contribution in [-0.4, -0.2) is 18.5 Å². The molecule has 2 rings (SSSR count). The lowest BCUT2D eigenvalue weighted by Gasteiger charge is -2.16. The van der Waals surface area contributed by atoms with Crippen molar-refractivity contribution in [2.24, 2.45) is 5.73 Å². The molecule has 0 aromatic heterocycles. The number of hydrogen-bond donors (Lipinski definition) is 1. The molecule has 1 atom stereocenters. The van der Waals surface area contributed by atoms with E-state index in [0.29, 0.717) is 18.7 Å². The standard InChI is InChI=1S/C10H10ClFN2O/c11-7-2-1-6(5-8(7)12)14-4-3-9(13)10(14)15/h1-2,5,9H,3-4,13H2. The smallest absolute Gasteiger partial charge is 0.243 e. The van der Waals surface area contributed by atoms with Crippen LogP contribution in [0.15, 0.2) is 18.2 Å². The van der Waals surface area contributed by atoms with Crippen molar-refractivity contribution >= 4 is 23.2 Å². The van der Waals surface area contributed by atoms with E-state index >= 15 is 0 Å². The monoisotopic (exact) mass is 228 g/mol. The molecule has 1 amide bonds. The fraction of sp³-hybridized carbons (Fsp3) is 0.300. The summed E-state index contributed by atoms with van der Waals surface area (Å²) in [7, 11) is 0. The van der Waals surface area contributed by atoms with Crippen LogP contribution in [-0.2, 0) is 4.79 Å². The van der Waals surface area contributed by atoms with E-state index in [9.17, 15) is 9.18 Å². The predicted molar refractivity (Wildman–Crippen MR) is 56.4 cm³/mol. The highest BCUT2D eigenvalue weighted by molar-refractivity contribution is 6.30. The second-order valence-corrected chi connectivity index (χ2v) is 3.89. The van der Waals surface area contributed by atoms with Crippen LogP contribution in [0, 0.1) is 5.82 Å². The van der Waals surface area contributed by atoms with Gasteiger partial charge in [0.15, 0.2) is 0 Å². The molecule has 5 heteroatoms. The molecule has 1 aliphatic heterocycles. The van der Waals surface area contributed by atoms with E-state index in [-0.39, 0.29) is 10.9 Å². The molecule has 0 saturated carbocycles. The molecule has 1 aromatic carbocycles. The third-order valence-electron chi connectivity index (χ3n) is 2.46. The topological polar surface area (TPSA) is 46.3 Å². The third-order valence-corrected chi connectivity index (χ3v) is 2.77. The Morgan fingerprint density at radius 2 is 2.27 bits per heavy atom. The van der Waals surface area contributed by atoms with Gasteiger partial charge in [0.25, 0.3) is 0 Å². The second-order valence-electron chi connectivity index (χ2n) is 3.48. The molecule has 1 fully saturated rings. The van der Waals surface area contributed by atoms with Gasteiger partial charge in [0, 0.05) is 12.2 Å². The lowest BCUT2D eigenvalue weighted by atomic mass is 10.3. The summed E-state index contributed by atoms with van der Waals surface area (Å²) < 4.78 is 13.2. The Bertz CT molecular complexity index is 410. The number of carbonyl (C=O) groups is 1. The number of rotatable bonds is 1. The van der Waals surface area contributed by atoms with Crippen molar-refractivity contribution in [3.8, 4) is 0 Å². The fourth-order valence-electron chi connectivity index (χ4n) is 1.61. The number of hydrogen-bond acceptors (Lipinski definition) is 2. The van der Waals surface area contributed by atoms with Crippen molar-refractivity contribution in [2.45, 2.75) is 12.5 Å².